The molecular formula is C24H23F2N3O4. The number of hydrogen-bond acceptors (Lipinski definition) is 4. The van der Waals surface area contributed by atoms with E-state index in [0.29, 0.717) is 17.8 Å². The summed E-state index contributed by atoms with van der Waals surface area (Å²) in [4.78, 5) is 36.3. The number of anilines is 1. The number of aromatic nitrogens is 1. The SMILES string of the molecule is Cc1cc(C(=O)OCC(=O)NCC(=O)Nc2ccc(F)c(F)c2)c(C)n1Cc1ccccc1. The summed E-state index contributed by atoms with van der Waals surface area (Å²) in [6, 6.07) is 14.4. The molecule has 33 heavy (non-hydrogen) atoms. The number of benzene rings is 2. The standard InChI is InChI=1S/C24H23F2N3O4/c1-15-10-19(16(2)29(15)13-17-6-4-3-5-7-17)24(32)33-14-23(31)27-12-22(30)28-18-8-9-20(25)21(26)11-18/h3-11H,12-14H2,1-2H3,(H,27,31)(H,28,30). The molecule has 0 aliphatic heterocycles. The van der Waals surface area contributed by atoms with Gasteiger partial charge in [-0.05, 0) is 37.6 Å². The van der Waals surface area contributed by atoms with Gasteiger partial charge in [-0.2, -0.15) is 0 Å². The molecule has 0 fully saturated rings. The number of esters is 1. The van der Waals surface area contributed by atoms with Gasteiger partial charge in [-0.1, -0.05) is 30.3 Å². The summed E-state index contributed by atoms with van der Waals surface area (Å²) < 4.78 is 33.2. The normalized spacial score (nSPS) is 10.5. The summed E-state index contributed by atoms with van der Waals surface area (Å²) in [5.41, 5.74) is 3.08. The first-order valence-corrected chi connectivity index (χ1v) is 10.1. The van der Waals surface area contributed by atoms with Gasteiger partial charge >= 0.3 is 5.97 Å². The van der Waals surface area contributed by atoms with Crippen molar-refractivity contribution in [1.82, 2.24) is 9.88 Å². The second-order valence-corrected chi connectivity index (χ2v) is 7.39. The highest BCUT2D eigenvalue weighted by Crippen LogP contribution is 2.18. The Kier molecular flexibility index (Phi) is 7.55. The highest BCUT2D eigenvalue weighted by molar-refractivity contribution is 5.96. The Morgan fingerprint density at radius 1 is 0.939 bits per heavy atom. The number of nitrogens with one attached hydrogen (secondary N) is 2. The summed E-state index contributed by atoms with van der Waals surface area (Å²) in [5, 5.41) is 4.62. The number of carbonyl (C=O) groups is 3. The second-order valence-electron chi connectivity index (χ2n) is 7.39. The van der Waals surface area contributed by atoms with Crippen molar-refractivity contribution in [3.05, 3.63) is 88.7 Å². The van der Waals surface area contributed by atoms with Crippen molar-refractivity contribution in [1.29, 1.82) is 0 Å². The minimum Gasteiger partial charge on any atom is -0.452 e. The first-order valence-electron chi connectivity index (χ1n) is 10.1. The molecule has 0 bridgehead atoms. The molecule has 7 nitrogen and oxygen atoms in total. The van der Waals surface area contributed by atoms with Crippen molar-refractivity contribution in [3.63, 3.8) is 0 Å². The van der Waals surface area contributed by atoms with E-state index < -0.39 is 42.6 Å². The van der Waals surface area contributed by atoms with Crippen molar-refractivity contribution in [2.24, 2.45) is 0 Å². The lowest BCUT2D eigenvalue weighted by molar-refractivity contribution is -0.126. The minimum absolute atomic E-state index is 0.0467. The van der Waals surface area contributed by atoms with Crippen LogP contribution in [0, 0.1) is 25.5 Å². The third-order valence-electron chi connectivity index (χ3n) is 4.96. The Bertz CT molecular complexity index is 1180. The molecule has 1 heterocycles. The molecule has 3 aromatic rings. The van der Waals surface area contributed by atoms with Crippen LogP contribution in [0.25, 0.3) is 0 Å². The maximum atomic E-state index is 13.2. The molecule has 2 aromatic carbocycles. The third-order valence-corrected chi connectivity index (χ3v) is 4.96. The molecule has 0 radical (unpaired) electrons. The van der Waals surface area contributed by atoms with Crippen molar-refractivity contribution in [2.45, 2.75) is 20.4 Å². The molecule has 2 N–H and O–H groups in total. The van der Waals surface area contributed by atoms with Crippen LogP contribution in [-0.2, 0) is 20.9 Å². The fraction of sp³-hybridized carbons (Fsp3) is 0.208. The van der Waals surface area contributed by atoms with Gasteiger partial charge in [0, 0.05) is 29.7 Å². The topological polar surface area (TPSA) is 89.4 Å². The van der Waals surface area contributed by atoms with Gasteiger partial charge in [0.25, 0.3) is 5.91 Å². The largest absolute Gasteiger partial charge is 0.452 e. The predicted molar refractivity (Wildman–Crippen MR) is 118 cm³/mol. The van der Waals surface area contributed by atoms with E-state index in [2.05, 4.69) is 10.6 Å². The molecule has 1 aromatic heterocycles. The zero-order valence-corrected chi connectivity index (χ0v) is 18.2. The average molecular weight is 455 g/mol. The van der Waals surface area contributed by atoms with Crippen LogP contribution < -0.4 is 10.6 Å². The monoisotopic (exact) mass is 455 g/mol. The lowest BCUT2D eigenvalue weighted by atomic mass is 10.2. The van der Waals surface area contributed by atoms with E-state index in [1.54, 1.807) is 13.0 Å². The molecule has 0 spiro atoms. The average Bonchev–Trinajstić information content (AvgIpc) is 3.07. The van der Waals surface area contributed by atoms with Gasteiger partial charge in [-0.3, -0.25) is 9.59 Å². The van der Waals surface area contributed by atoms with E-state index in [1.165, 1.54) is 6.07 Å². The van der Waals surface area contributed by atoms with Gasteiger partial charge in [-0.25, -0.2) is 13.6 Å². The van der Waals surface area contributed by atoms with Crippen LogP contribution in [0.2, 0.25) is 0 Å². The number of halogens is 2. The zero-order chi connectivity index (χ0) is 24.0. The van der Waals surface area contributed by atoms with Gasteiger partial charge < -0.3 is 19.9 Å². The maximum absolute atomic E-state index is 13.2. The number of carbonyl (C=O) groups excluding carboxylic acids is 3. The van der Waals surface area contributed by atoms with Crippen LogP contribution in [-0.4, -0.2) is 35.5 Å². The molecule has 0 saturated carbocycles. The molecule has 9 heteroatoms. The van der Waals surface area contributed by atoms with Crippen LogP contribution in [0.5, 0.6) is 0 Å². The van der Waals surface area contributed by atoms with Gasteiger partial charge in [0.2, 0.25) is 5.91 Å². The number of ether oxygens (including phenoxy) is 1. The smallest absolute Gasteiger partial charge is 0.340 e. The molecule has 3 rings (SSSR count). The predicted octanol–water partition coefficient (Wildman–Crippen LogP) is 3.34. The van der Waals surface area contributed by atoms with E-state index >= 15 is 0 Å². The lowest BCUT2D eigenvalue weighted by Crippen LogP contribution is -2.35. The number of aryl methyl sites for hydroxylation is 1. The van der Waals surface area contributed by atoms with E-state index in [1.807, 2.05) is 41.8 Å². The van der Waals surface area contributed by atoms with Gasteiger partial charge in [0.15, 0.2) is 18.2 Å². The minimum atomic E-state index is -1.10. The van der Waals surface area contributed by atoms with Gasteiger partial charge in [0.1, 0.15) is 0 Å². The van der Waals surface area contributed by atoms with Crippen LogP contribution in [0.3, 0.4) is 0 Å². The second kappa shape index (κ2) is 10.5. The molecule has 2 amide bonds. The summed E-state index contributed by atoms with van der Waals surface area (Å²) in [6.07, 6.45) is 0. The highest BCUT2D eigenvalue weighted by atomic mass is 19.2. The number of nitrogens with zero attached hydrogens (tertiary/aromatic N) is 1. The fourth-order valence-corrected chi connectivity index (χ4v) is 3.23. The molecule has 0 aliphatic carbocycles. The van der Waals surface area contributed by atoms with Crippen molar-refractivity contribution < 1.29 is 27.9 Å². The summed E-state index contributed by atoms with van der Waals surface area (Å²) in [5.74, 6) is -4.12. The van der Waals surface area contributed by atoms with Gasteiger partial charge in [-0.15, -0.1) is 0 Å². The Balaban J connectivity index is 1.49. The first kappa shape index (κ1) is 23.6. The highest BCUT2D eigenvalue weighted by Gasteiger charge is 2.18. The molecule has 0 aliphatic rings. The Labute approximate surface area is 189 Å². The zero-order valence-electron chi connectivity index (χ0n) is 18.2. The third kappa shape index (κ3) is 6.25. The van der Waals surface area contributed by atoms with E-state index in [-0.39, 0.29) is 5.69 Å². The van der Waals surface area contributed by atoms with Crippen LogP contribution >= 0.6 is 0 Å². The first-order chi connectivity index (χ1) is 15.7. The van der Waals surface area contributed by atoms with E-state index in [0.717, 1.165) is 23.4 Å². The lowest BCUT2D eigenvalue weighted by Gasteiger charge is -2.10. The van der Waals surface area contributed by atoms with Crippen LogP contribution in [0.4, 0.5) is 14.5 Å². The van der Waals surface area contributed by atoms with Crippen molar-refractivity contribution >= 4 is 23.5 Å². The summed E-state index contributed by atoms with van der Waals surface area (Å²) in [6.45, 7) is 3.28. The molecule has 172 valence electrons. The fourth-order valence-electron chi connectivity index (χ4n) is 3.23. The summed E-state index contributed by atoms with van der Waals surface area (Å²) >= 11 is 0. The number of hydrogen-bond donors (Lipinski definition) is 2. The molecule has 0 unspecified atom stereocenters. The maximum Gasteiger partial charge on any atom is 0.340 e. The summed E-state index contributed by atoms with van der Waals surface area (Å²) in [7, 11) is 0. The van der Waals surface area contributed by atoms with E-state index in [4.69, 9.17) is 4.74 Å². The Morgan fingerprint density at radius 3 is 2.36 bits per heavy atom. The van der Waals surface area contributed by atoms with Crippen molar-refractivity contribution in [2.75, 3.05) is 18.5 Å². The Morgan fingerprint density at radius 2 is 1.67 bits per heavy atom. The quantitative estimate of drug-likeness (QED) is 0.510. The van der Waals surface area contributed by atoms with Crippen molar-refractivity contribution in [3.8, 4) is 0 Å². The Hall–Kier alpha value is -4.01. The number of rotatable bonds is 8. The molecular weight excluding hydrogens is 432 g/mol. The van der Waals surface area contributed by atoms with Crippen LogP contribution in [0.1, 0.15) is 27.3 Å². The van der Waals surface area contributed by atoms with Gasteiger partial charge in [0.05, 0.1) is 12.1 Å². The molecule has 0 saturated heterocycles. The number of amides is 2. The van der Waals surface area contributed by atoms with Crippen LogP contribution in [0.15, 0.2) is 54.6 Å². The molecule has 0 atom stereocenters. The van der Waals surface area contributed by atoms with E-state index in [9.17, 15) is 23.2 Å².